The number of piperidine rings is 1. The molecule has 1 amide bonds. The first-order valence-corrected chi connectivity index (χ1v) is 8.21. The van der Waals surface area contributed by atoms with Gasteiger partial charge in [0.2, 0.25) is 5.91 Å². The summed E-state index contributed by atoms with van der Waals surface area (Å²) >= 11 is 12.3. The zero-order valence-electron chi connectivity index (χ0n) is 12.8. The van der Waals surface area contributed by atoms with Crippen LogP contribution in [0.15, 0.2) is 18.2 Å². The predicted octanol–water partition coefficient (Wildman–Crippen LogP) is 4.15. The van der Waals surface area contributed by atoms with Crippen LogP contribution in [0.3, 0.4) is 0 Å². The molecule has 2 rings (SSSR count). The SMILES string of the molecule is CN(Cc1c(Cl)cccc1Cl)C(=O)CCC1CCNCC1.Cl. The molecule has 1 heterocycles. The van der Waals surface area contributed by atoms with E-state index in [-0.39, 0.29) is 18.3 Å². The van der Waals surface area contributed by atoms with Gasteiger partial charge in [-0.25, -0.2) is 0 Å². The van der Waals surface area contributed by atoms with E-state index < -0.39 is 0 Å². The molecule has 3 nitrogen and oxygen atoms in total. The molecule has 0 radical (unpaired) electrons. The van der Waals surface area contributed by atoms with Crippen molar-refractivity contribution in [1.82, 2.24) is 10.2 Å². The van der Waals surface area contributed by atoms with Gasteiger partial charge in [0.05, 0.1) is 0 Å². The summed E-state index contributed by atoms with van der Waals surface area (Å²) in [4.78, 5) is 14.0. The lowest BCUT2D eigenvalue weighted by atomic mass is 9.93. The molecule has 0 unspecified atom stereocenters. The maximum absolute atomic E-state index is 12.2. The second kappa shape index (κ2) is 9.61. The van der Waals surface area contributed by atoms with Crippen molar-refractivity contribution in [2.75, 3.05) is 20.1 Å². The van der Waals surface area contributed by atoms with Crippen molar-refractivity contribution in [3.63, 3.8) is 0 Å². The van der Waals surface area contributed by atoms with Crippen LogP contribution in [-0.2, 0) is 11.3 Å². The van der Waals surface area contributed by atoms with Crippen molar-refractivity contribution in [3.05, 3.63) is 33.8 Å². The predicted molar refractivity (Wildman–Crippen MR) is 95.0 cm³/mol. The Morgan fingerprint density at radius 1 is 1.27 bits per heavy atom. The summed E-state index contributed by atoms with van der Waals surface area (Å²) in [6.07, 6.45) is 3.92. The van der Waals surface area contributed by atoms with Gasteiger partial charge in [0.15, 0.2) is 0 Å². The Morgan fingerprint density at radius 3 is 2.45 bits per heavy atom. The topological polar surface area (TPSA) is 32.3 Å². The molecule has 124 valence electrons. The first kappa shape index (κ1) is 19.6. The van der Waals surface area contributed by atoms with Crippen molar-refractivity contribution >= 4 is 41.5 Å². The Kier molecular flexibility index (Phi) is 8.55. The number of nitrogens with one attached hydrogen (secondary N) is 1. The van der Waals surface area contributed by atoms with E-state index in [2.05, 4.69) is 5.32 Å². The summed E-state index contributed by atoms with van der Waals surface area (Å²) in [6.45, 7) is 2.61. The summed E-state index contributed by atoms with van der Waals surface area (Å²) in [5, 5.41) is 4.57. The normalized spacial score (nSPS) is 15.2. The summed E-state index contributed by atoms with van der Waals surface area (Å²) < 4.78 is 0. The lowest BCUT2D eigenvalue weighted by Crippen LogP contribution is -2.30. The molecule has 22 heavy (non-hydrogen) atoms. The van der Waals surface area contributed by atoms with E-state index in [4.69, 9.17) is 23.2 Å². The number of benzene rings is 1. The van der Waals surface area contributed by atoms with Crippen molar-refractivity contribution in [1.29, 1.82) is 0 Å². The van der Waals surface area contributed by atoms with Crippen LogP contribution >= 0.6 is 35.6 Å². The molecular weight excluding hydrogens is 343 g/mol. The smallest absolute Gasteiger partial charge is 0.222 e. The molecule has 1 aliphatic heterocycles. The van der Waals surface area contributed by atoms with Gasteiger partial charge in [-0.15, -0.1) is 12.4 Å². The minimum atomic E-state index is 0. The van der Waals surface area contributed by atoms with Crippen LogP contribution in [0.2, 0.25) is 10.0 Å². The number of rotatable bonds is 5. The minimum absolute atomic E-state index is 0. The van der Waals surface area contributed by atoms with Crippen molar-refractivity contribution in [2.45, 2.75) is 32.2 Å². The van der Waals surface area contributed by atoms with E-state index in [1.54, 1.807) is 17.0 Å². The van der Waals surface area contributed by atoms with Gasteiger partial charge in [0.25, 0.3) is 0 Å². The number of hydrogen-bond acceptors (Lipinski definition) is 2. The highest BCUT2D eigenvalue weighted by molar-refractivity contribution is 6.36. The van der Waals surface area contributed by atoms with Crippen molar-refractivity contribution in [2.24, 2.45) is 5.92 Å². The van der Waals surface area contributed by atoms with E-state index in [1.165, 1.54) is 12.8 Å². The number of amides is 1. The fourth-order valence-corrected chi connectivity index (χ4v) is 3.21. The summed E-state index contributed by atoms with van der Waals surface area (Å²) in [6, 6.07) is 5.42. The Morgan fingerprint density at radius 2 is 1.86 bits per heavy atom. The van der Waals surface area contributed by atoms with E-state index >= 15 is 0 Å². The molecule has 0 bridgehead atoms. The Labute approximate surface area is 148 Å². The molecule has 0 saturated carbocycles. The number of carbonyl (C=O) groups excluding carboxylic acids is 1. The molecule has 1 aromatic carbocycles. The zero-order chi connectivity index (χ0) is 15.2. The monoisotopic (exact) mass is 364 g/mol. The molecule has 1 fully saturated rings. The van der Waals surface area contributed by atoms with Gasteiger partial charge in [-0.1, -0.05) is 29.3 Å². The van der Waals surface area contributed by atoms with E-state index in [1.807, 2.05) is 13.1 Å². The largest absolute Gasteiger partial charge is 0.341 e. The van der Waals surface area contributed by atoms with Crippen molar-refractivity contribution in [3.8, 4) is 0 Å². The molecule has 0 atom stereocenters. The highest BCUT2D eigenvalue weighted by Crippen LogP contribution is 2.26. The Hall–Kier alpha value is -0.480. The van der Waals surface area contributed by atoms with Crippen LogP contribution in [0, 0.1) is 5.92 Å². The van der Waals surface area contributed by atoms with E-state index in [9.17, 15) is 4.79 Å². The molecule has 1 N–H and O–H groups in total. The maximum atomic E-state index is 12.2. The maximum Gasteiger partial charge on any atom is 0.222 e. The van der Waals surface area contributed by atoms with Gasteiger partial charge < -0.3 is 10.2 Å². The highest BCUT2D eigenvalue weighted by Gasteiger charge is 2.17. The van der Waals surface area contributed by atoms with Gasteiger partial charge in [-0.05, 0) is 50.4 Å². The van der Waals surface area contributed by atoms with Gasteiger partial charge in [0, 0.05) is 35.6 Å². The molecule has 6 heteroatoms. The fourth-order valence-electron chi connectivity index (χ4n) is 2.70. The molecule has 1 saturated heterocycles. The third-order valence-electron chi connectivity index (χ3n) is 4.11. The lowest BCUT2D eigenvalue weighted by Gasteiger charge is -2.24. The van der Waals surface area contributed by atoms with E-state index in [0.717, 1.165) is 25.1 Å². The fraction of sp³-hybridized carbons (Fsp3) is 0.562. The molecule has 0 aromatic heterocycles. The molecular formula is C16H23Cl3N2O. The Balaban J connectivity index is 0.00000242. The average molecular weight is 366 g/mol. The van der Waals surface area contributed by atoms with Crippen LogP contribution in [0.25, 0.3) is 0 Å². The quantitative estimate of drug-likeness (QED) is 0.850. The van der Waals surface area contributed by atoms with Gasteiger partial charge in [-0.3, -0.25) is 4.79 Å². The standard InChI is InChI=1S/C16H22Cl2N2O.ClH/c1-20(11-13-14(17)3-2-4-15(13)18)16(21)6-5-12-7-9-19-10-8-12;/h2-4,12,19H,5-11H2,1H3;1H. The summed E-state index contributed by atoms with van der Waals surface area (Å²) in [5.41, 5.74) is 0.818. The van der Waals surface area contributed by atoms with Crippen LogP contribution in [0.4, 0.5) is 0 Å². The minimum Gasteiger partial charge on any atom is -0.341 e. The first-order chi connectivity index (χ1) is 10.1. The number of nitrogens with zero attached hydrogens (tertiary/aromatic N) is 1. The van der Waals surface area contributed by atoms with Gasteiger partial charge in [0.1, 0.15) is 0 Å². The average Bonchev–Trinajstić information content (AvgIpc) is 2.49. The molecule has 1 aliphatic rings. The number of halogens is 3. The van der Waals surface area contributed by atoms with Gasteiger partial charge >= 0.3 is 0 Å². The van der Waals surface area contributed by atoms with Crippen LogP contribution in [-0.4, -0.2) is 30.9 Å². The molecule has 0 spiro atoms. The van der Waals surface area contributed by atoms with E-state index in [0.29, 0.717) is 28.9 Å². The molecule has 1 aromatic rings. The lowest BCUT2D eigenvalue weighted by molar-refractivity contribution is -0.130. The number of hydrogen-bond donors (Lipinski definition) is 1. The van der Waals surface area contributed by atoms with Crippen LogP contribution < -0.4 is 5.32 Å². The Bertz CT molecular complexity index is 470. The second-order valence-corrected chi connectivity index (χ2v) is 6.50. The number of carbonyl (C=O) groups is 1. The van der Waals surface area contributed by atoms with Crippen molar-refractivity contribution < 1.29 is 4.79 Å². The van der Waals surface area contributed by atoms with Crippen LogP contribution in [0.1, 0.15) is 31.2 Å². The third kappa shape index (κ3) is 5.62. The highest BCUT2D eigenvalue weighted by atomic mass is 35.5. The van der Waals surface area contributed by atoms with Crippen LogP contribution in [0.5, 0.6) is 0 Å². The first-order valence-electron chi connectivity index (χ1n) is 7.45. The van der Waals surface area contributed by atoms with Gasteiger partial charge in [-0.2, -0.15) is 0 Å². The summed E-state index contributed by atoms with van der Waals surface area (Å²) in [7, 11) is 1.81. The second-order valence-electron chi connectivity index (χ2n) is 5.68. The zero-order valence-corrected chi connectivity index (χ0v) is 15.1. The molecule has 0 aliphatic carbocycles. The third-order valence-corrected chi connectivity index (χ3v) is 4.82. The summed E-state index contributed by atoms with van der Waals surface area (Å²) in [5.74, 6) is 0.831.